The van der Waals surface area contributed by atoms with Crippen molar-refractivity contribution in [1.82, 2.24) is 5.32 Å². The Morgan fingerprint density at radius 1 is 1.08 bits per heavy atom. The summed E-state index contributed by atoms with van der Waals surface area (Å²) in [5.74, 6) is 0. The number of hydrogen-bond donors (Lipinski definition) is 1. The average molecular weight is 202 g/mol. The predicted molar refractivity (Wildman–Crippen MR) is 59.0 cm³/mol. The third kappa shape index (κ3) is 11.7. The minimum Gasteiger partial charge on any atom is -0.343 e. The van der Waals surface area contributed by atoms with E-state index in [2.05, 4.69) is 24.9 Å². The molecule has 0 bridgehead atoms. The van der Waals surface area contributed by atoms with Crippen molar-refractivity contribution in [2.24, 2.45) is 0 Å². The number of unbranched alkanes of at least 4 members (excludes halogenated alkanes) is 6. The Labute approximate surface area is 86.9 Å². The van der Waals surface area contributed by atoms with E-state index < -0.39 is 0 Å². The molecule has 0 fully saturated rings. The van der Waals surface area contributed by atoms with E-state index in [4.69, 9.17) is 0 Å². The summed E-state index contributed by atoms with van der Waals surface area (Å²) < 4.78 is 0. The Morgan fingerprint density at radius 2 is 1.62 bits per heavy atom. The second kappa shape index (κ2) is 9.78. The summed E-state index contributed by atoms with van der Waals surface area (Å²) in [4.78, 5) is 10.3. The molecule has 1 radical (unpaired) electrons. The van der Waals surface area contributed by atoms with Crippen LogP contribution in [0.1, 0.15) is 51.9 Å². The van der Waals surface area contributed by atoms with Gasteiger partial charge in [0.05, 0.1) is 0 Å². The van der Waals surface area contributed by atoms with Crippen LogP contribution in [0.15, 0.2) is 0 Å². The number of carbonyl (C=O) groups is 1. The molecule has 77 valence electrons. The Bertz CT molecular complexity index is 128. The van der Waals surface area contributed by atoms with E-state index in [9.17, 15) is 4.79 Å². The fourth-order valence-electron chi connectivity index (χ4n) is 1.27. The first kappa shape index (κ1) is 12.7. The fourth-order valence-corrected chi connectivity index (χ4v) is 1.37. The monoisotopic (exact) mass is 202 g/mol. The van der Waals surface area contributed by atoms with Gasteiger partial charge in [-0.1, -0.05) is 45.4 Å². The Hall–Kier alpha value is -0.310. The average Bonchev–Trinajstić information content (AvgIpc) is 2.09. The largest absolute Gasteiger partial charge is 0.343 e. The first-order valence-corrected chi connectivity index (χ1v) is 5.63. The van der Waals surface area contributed by atoms with Crippen molar-refractivity contribution >= 4 is 17.9 Å². The summed E-state index contributed by atoms with van der Waals surface area (Å²) >= 11 is 4.36. The van der Waals surface area contributed by atoms with E-state index >= 15 is 0 Å². The molecular formula is C10H20NOS. The molecule has 1 amide bonds. The van der Waals surface area contributed by atoms with Crippen LogP contribution in [0.5, 0.6) is 0 Å². The molecule has 0 spiro atoms. The van der Waals surface area contributed by atoms with E-state index in [0.717, 1.165) is 13.0 Å². The minimum absolute atomic E-state index is 0.328. The number of amides is 1. The molecule has 0 atom stereocenters. The third-order valence-electron chi connectivity index (χ3n) is 2.05. The van der Waals surface area contributed by atoms with Gasteiger partial charge < -0.3 is 5.32 Å². The topological polar surface area (TPSA) is 29.1 Å². The number of hydrogen-bond acceptors (Lipinski definition) is 1. The molecular weight excluding hydrogens is 182 g/mol. The highest BCUT2D eigenvalue weighted by Gasteiger charge is 1.93. The van der Waals surface area contributed by atoms with E-state index in [-0.39, 0.29) is 5.24 Å². The predicted octanol–water partition coefficient (Wildman–Crippen LogP) is 3.64. The molecule has 0 saturated heterocycles. The van der Waals surface area contributed by atoms with Crippen molar-refractivity contribution in [3.8, 4) is 0 Å². The molecule has 0 unspecified atom stereocenters. The van der Waals surface area contributed by atoms with Gasteiger partial charge in [-0.2, -0.15) is 0 Å². The van der Waals surface area contributed by atoms with Crippen molar-refractivity contribution in [1.29, 1.82) is 0 Å². The molecule has 13 heavy (non-hydrogen) atoms. The SMILES string of the molecule is CCCCCCCCCNC(=O)[S]. The van der Waals surface area contributed by atoms with Crippen molar-refractivity contribution in [3.63, 3.8) is 0 Å². The fraction of sp³-hybridized carbons (Fsp3) is 0.900. The molecule has 0 aliphatic carbocycles. The molecule has 0 aromatic heterocycles. The van der Waals surface area contributed by atoms with Gasteiger partial charge in [-0.05, 0) is 19.0 Å². The second-order valence-electron chi connectivity index (χ2n) is 3.34. The normalized spacial score (nSPS) is 9.92. The highest BCUT2D eigenvalue weighted by Crippen LogP contribution is 2.06. The first-order valence-electron chi connectivity index (χ1n) is 5.22. The zero-order valence-electron chi connectivity index (χ0n) is 8.47. The van der Waals surface area contributed by atoms with Crippen LogP contribution >= 0.6 is 12.6 Å². The highest BCUT2D eigenvalue weighted by molar-refractivity contribution is 7.96. The van der Waals surface area contributed by atoms with E-state index in [1.807, 2.05) is 0 Å². The van der Waals surface area contributed by atoms with Crippen molar-refractivity contribution in [3.05, 3.63) is 0 Å². The zero-order valence-corrected chi connectivity index (χ0v) is 9.29. The number of nitrogens with one attached hydrogen (secondary N) is 1. The van der Waals surface area contributed by atoms with Gasteiger partial charge in [-0.15, -0.1) is 0 Å². The van der Waals surface area contributed by atoms with Gasteiger partial charge in [0.25, 0.3) is 0 Å². The molecule has 3 heteroatoms. The number of carbonyl (C=O) groups excluding carboxylic acids is 1. The van der Waals surface area contributed by atoms with Gasteiger partial charge in [0.2, 0.25) is 0 Å². The maximum Gasteiger partial charge on any atom is 0.310 e. The molecule has 1 N–H and O–H groups in total. The quantitative estimate of drug-likeness (QED) is 0.598. The van der Waals surface area contributed by atoms with Gasteiger partial charge >= 0.3 is 5.24 Å². The summed E-state index contributed by atoms with van der Waals surface area (Å²) in [6, 6.07) is 0. The highest BCUT2D eigenvalue weighted by atomic mass is 32.1. The second-order valence-corrected chi connectivity index (χ2v) is 3.71. The van der Waals surface area contributed by atoms with Crippen LogP contribution < -0.4 is 5.32 Å². The van der Waals surface area contributed by atoms with Gasteiger partial charge in [0.15, 0.2) is 0 Å². The molecule has 0 aliphatic heterocycles. The maximum absolute atomic E-state index is 10.3. The lowest BCUT2D eigenvalue weighted by atomic mass is 10.1. The summed E-state index contributed by atoms with van der Waals surface area (Å²) in [6.45, 7) is 2.97. The number of rotatable bonds is 8. The lowest BCUT2D eigenvalue weighted by Gasteiger charge is -2.01. The minimum atomic E-state index is -0.328. The van der Waals surface area contributed by atoms with Crippen LogP contribution in [0, 0.1) is 0 Å². The summed E-state index contributed by atoms with van der Waals surface area (Å²) in [6.07, 6.45) is 8.88. The van der Waals surface area contributed by atoms with Crippen LogP contribution in [0.4, 0.5) is 4.79 Å². The van der Waals surface area contributed by atoms with Gasteiger partial charge in [-0.25, -0.2) is 0 Å². The van der Waals surface area contributed by atoms with E-state index in [1.54, 1.807) is 0 Å². The molecule has 0 aliphatic rings. The molecule has 0 aromatic carbocycles. The van der Waals surface area contributed by atoms with E-state index in [0.29, 0.717) is 0 Å². The standard InChI is InChI=1S/C10H20NOS/c1-2-3-4-5-6-7-8-9-11-10(12)13/h2-9H2,1H3,(H,11,12). The molecule has 0 rings (SSSR count). The lowest BCUT2D eigenvalue weighted by Crippen LogP contribution is -2.17. The Kier molecular flexibility index (Phi) is 9.54. The third-order valence-corrected chi connectivity index (χ3v) is 2.19. The van der Waals surface area contributed by atoms with Crippen molar-refractivity contribution < 1.29 is 4.79 Å². The molecule has 0 heterocycles. The van der Waals surface area contributed by atoms with Gasteiger partial charge in [0, 0.05) is 6.54 Å². The van der Waals surface area contributed by atoms with Crippen LogP contribution in [0.3, 0.4) is 0 Å². The van der Waals surface area contributed by atoms with Crippen LogP contribution in [-0.4, -0.2) is 11.8 Å². The zero-order chi connectivity index (χ0) is 9.94. The van der Waals surface area contributed by atoms with E-state index in [1.165, 1.54) is 38.5 Å². The van der Waals surface area contributed by atoms with Crippen LogP contribution in [0.2, 0.25) is 0 Å². The Morgan fingerprint density at radius 3 is 2.15 bits per heavy atom. The lowest BCUT2D eigenvalue weighted by molar-refractivity contribution is 0.261. The molecule has 0 aromatic rings. The van der Waals surface area contributed by atoms with Crippen molar-refractivity contribution in [2.45, 2.75) is 51.9 Å². The summed E-state index contributed by atoms with van der Waals surface area (Å²) in [5.41, 5.74) is 0. The van der Waals surface area contributed by atoms with Crippen LogP contribution in [-0.2, 0) is 0 Å². The molecule has 2 nitrogen and oxygen atoms in total. The summed E-state index contributed by atoms with van der Waals surface area (Å²) in [5, 5.41) is 2.30. The first-order chi connectivity index (χ1) is 6.27. The van der Waals surface area contributed by atoms with Gasteiger partial charge in [-0.3, -0.25) is 4.79 Å². The summed E-state index contributed by atoms with van der Waals surface area (Å²) in [7, 11) is 0. The smallest absolute Gasteiger partial charge is 0.310 e. The van der Waals surface area contributed by atoms with Gasteiger partial charge in [0.1, 0.15) is 0 Å². The van der Waals surface area contributed by atoms with Crippen molar-refractivity contribution in [2.75, 3.05) is 6.54 Å². The van der Waals surface area contributed by atoms with Crippen LogP contribution in [0.25, 0.3) is 0 Å². The maximum atomic E-state index is 10.3. The molecule has 0 saturated carbocycles. The Balaban J connectivity index is 2.87.